The fourth-order valence-electron chi connectivity index (χ4n) is 2.28. The van der Waals surface area contributed by atoms with E-state index in [2.05, 4.69) is 4.98 Å². The van der Waals surface area contributed by atoms with Crippen LogP contribution in [0.4, 0.5) is 5.69 Å². The summed E-state index contributed by atoms with van der Waals surface area (Å²) >= 11 is 0. The first-order chi connectivity index (χ1) is 10.1. The van der Waals surface area contributed by atoms with Crippen LogP contribution >= 0.6 is 0 Å². The first-order valence-electron chi connectivity index (χ1n) is 6.22. The van der Waals surface area contributed by atoms with Crippen LogP contribution in [0.25, 0.3) is 22.2 Å². The minimum Gasteiger partial charge on any atom is -0.366 e. The number of nitrogens with two attached hydrogens (primary N) is 1. The molecule has 0 saturated heterocycles. The Morgan fingerprint density at radius 2 is 1.86 bits per heavy atom. The zero-order valence-electron chi connectivity index (χ0n) is 10.9. The smallest absolute Gasteiger partial charge is 0.294 e. The molecule has 104 valence electrons. The summed E-state index contributed by atoms with van der Waals surface area (Å²) in [6.07, 6.45) is 0. The number of hydrogen-bond donors (Lipinski definition) is 2. The van der Waals surface area contributed by atoms with Crippen LogP contribution in [0.15, 0.2) is 48.5 Å². The number of non-ortho nitro benzene ring substituents is 1. The first-order valence-corrected chi connectivity index (χ1v) is 6.22. The molecule has 0 aliphatic rings. The number of hydrogen-bond acceptors (Lipinski definition) is 3. The Kier molecular flexibility index (Phi) is 2.91. The molecule has 0 spiro atoms. The first kappa shape index (κ1) is 12.9. The number of carbonyl (C=O) groups excluding carboxylic acids is 1. The molecular formula is C15H11N3O3. The van der Waals surface area contributed by atoms with Crippen LogP contribution in [0.1, 0.15) is 10.4 Å². The summed E-state index contributed by atoms with van der Waals surface area (Å²) in [6.45, 7) is 0. The summed E-state index contributed by atoms with van der Waals surface area (Å²) in [6, 6.07) is 13.9. The van der Waals surface area contributed by atoms with Gasteiger partial charge in [-0.1, -0.05) is 30.3 Å². The number of carbonyl (C=O) groups is 1. The maximum atomic E-state index is 11.3. The third kappa shape index (κ3) is 2.23. The van der Waals surface area contributed by atoms with Crippen LogP contribution in [-0.2, 0) is 0 Å². The fourth-order valence-corrected chi connectivity index (χ4v) is 2.28. The fraction of sp³-hybridized carbons (Fsp3) is 0. The maximum absolute atomic E-state index is 11.3. The lowest BCUT2D eigenvalue weighted by molar-refractivity contribution is -0.383. The van der Waals surface area contributed by atoms with Gasteiger partial charge in [-0.05, 0) is 17.7 Å². The molecule has 0 fully saturated rings. The van der Waals surface area contributed by atoms with Crippen molar-refractivity contribution >= 4 is 22.5 Å². The van der Waals surface area contributed by atoms with Crippen molar-refractivity contribution < 1.29 is 9.72 Å². The van der Waals surface area contributed by atoms with Crippen molar-refractivity contribution in [3.8, 4) is 11.3 Å². The van der Waals surface area contributed by atoms with Gasteiger partial charge in [0.05, 0.1) is 4.92 Å². The standard InChI is InChI=1S/C15H11N3O3/c16-15(19)11-6-10-7-12(9-4-2-1-3-5-9)17-14(10)13(8-11)18(20)21/h1-8,17H,(H2,16,19). The number of fused-ring (bicyclic) bond motifs is 1. The molecule has 21 heavy (non-hydrogen) atoms. The van der Waals surface area contributed by atoms with Crippen molar-refractivity contribution in [3.63, 3.8) is 0 Å². The topological polar surface area (TPSA) is 102 Å². The number of amides is 1. The number of primary amides is 1. The maximum Gasteiger partial charge on any atom is 0.294 e. The molecule has 2 aromatic carbocycles. The minimum absolute atomic E-state index is 0.118. The molecule has 3 rings (SSSR count). The summed E-state index contributed by atoms with van der Waals surface area (Å²) < 4.78 is 0. The highest BCUT2D eigenvalue weighted by Crippen LogP contribution is 2.31. The largest absolute Gasteiger partial charge is 0.366 e. The van der Waals surface area contributed by atoms with Crippen molar-refractivity contribution in [1.29, 1.82) is 0 Å². The number of nitro groups is 1. The van der Waals surface area contributed by atoms with Gasteiger partial charge in [-0.15, -0.1) is 0 Å². The molecule has 0 unspecified atom stereocenters. The third-order valence-corrected chi connectivity index (χ3v) is 3.27. The van der Waals surface area contributed by atoms with Gasteiger partial charge in [-0.2, -0.15) is 0 Å². The Bertz CT molecular complexity index is 853. The normalized spacial score (nSPS) is 10.7. The molecule has 0 bridgehead atoms. The van der Waals surface area contributed by atoms with Crippen molar-refractivity contribution in [2.24, 2.45) is 5.73 Å². The van der Waals surface area contributed by atoms with Gasteiger partial charge in [0.2, 0.25) is 5.91 Å². The van der Waals surface area contributed by atoms with Gasteiger partial charge in [-0.25, -0.2) is 0 Å². The SMILES string of the molecule is NC(=O)c1cc([N+](=O)[O-])c2[nH]c(-c3ccccc3)cc2c1. The molecule has 0 saturated carbocycles. The van der Waals surface area contributed by atoms with E-state index in [4.69, 9.17) is 5.73 Å². The summed E-state index contributed by atoms with van der Waals surface area (Å²) in [5.74, 6) is -0.692. The number of benzene rings is 2. The van der Waals surface area contributed by atoms with E-state index < -0.39 is 10.8 Å². The number of aromatic amines is 1. The van der Waals surface area contributed by atoms with Gasteiger partial charge >= 0.3 is 0 Å². The van der Waals surface area contributed by atoms with E-state index in [9.17, 15) is 14.9 Å². The Hall–Kier alpha value is -3.15. The summed E-state index contributed by atoms with van der Waals surface area (Å²) in [7, 11) is 0. The molecule has 1 aromatic heterocycles. The molecule has 0 atom stereocenters. The van der Waals surface area contributed by atoms with Crippen molar-refractivity contribution in [3.05, 3.63) is 64.2 Å². The van der Waals surface area contributed by atoms with E-state index in [1.165, 1.54) is 6.07 Å². The van der Waals surface area contributed by atoms with Crippen LogP contribution in [-0.4, -0.2) is 15.8 Å². The van der Waals surface area contributed by atoms with Crippen LogP contribution in [0, 0.1) is 10.1 Å². The van der Waals surface area contributed by atoms with E-state index >= 15 is 0 Å². The molecule has 6 heteroatoms. The van der Waals surface area contributed by atoms with E-state index in [1.807, 2.05) is 30.3 Å². The van der Waals surface area contributed by atoms with Crippen LogP contribution in [0.5, 0.6) is 0 Å². The summed E-state index contributed by atoms with van der Waals surface area (Å²) in [4.78, 5) is 25.0. The van der Waals surface area contributed by atoms with Gasteiger partial charge in [0.15, 0.2) is 0 Å². The molecule has 6 nitrogen and oxygen atoms in total. The number of nitrogens with one attached hydrogen (secondary N) is 1. The quantitative estimate of drug-likeness (QED) is 0.570. The second-order valence-electron chi connectivity index (χ2n) is 4.63. The Balaban J connectivity index is 2.27. The monoisotopic (exact) mass is 281 g/mol. The van der Waals surface area contributed by atoms with E-state index in [1.54, 1.807) is 12.1 Å². The Labute approximate surface area is 119 Å². The molecular weight excluding hydrogens is 270 g/mol. The molecule has 3 aromatic rings. The molecule has 1 amide bonds. The van der Waals surface area contributed by atoms with Gasteiger partial charge in [0.1, 0.15) is 5.52 Å². The van der Waals surface area contributed by atoms with E-state index in [-0.39, 0.29) is 11.3 Å². The predicted octanol–water partition coefficient (Wildman–Crippen LogP) is 2.84. The number of aromatic nitrogens is 1. The van der Waals surface area contributed by atoms with Gasteiger partial charge in [-0.3, -0.25) is 14.9 Å². The van der Waals surface area contributed by atoms with Crippen LogP contribution < -0.4 is 5.73 Å². The van der Waals surface area contributed by atoms with Crippen molar-refractivity contribution in [2.75, 3.05) is 0 Å². The molecule has 1 heterocycles. The lowest BCUT2D eigenvalue weighted by Crippen LogP contribution is -2.11. The van der Waals surface area contributed by atoms with Gasteiger partial charge in [0.25, 0.3) is 5.69 Å². The van der Waals surface area contributed by atoms with Crippen molar-refractivity contribution in [1.82, 2.24) is 4.98 Å². The lowest BCUT2D eigenvalue weighted by atomic mass is 10.1. The molecule has 3 N–H and O–H groups in total. The van der Waals surface area contributed by atoms with Gasteiger partial charge in [0, 0.05) is 22.7 Å². The minimum atomic E-state index is -0.692. The zero-order chi connectivity index (χ0) is 15.0. The molecule has 0 radical (unpaired) electrons. The number of nitro benzene ring substituents is 1. The highest BCUT2D eigenvalue weighted by molar-refractivity contribution is 6.01. The lowest BCUT2D eigenvalue weighted by Gasteiger charge is -1.98. The summed E-state index contributed by atoms with van der Waals surface area (Å²) in [5.41, 5.74) is 7.21. The highest BCUT2D eigenvalue weighted by Gasteiger charge is 2.18. The van der Waals surface area contributed by atoms with Gasteiger partial charge < -0.3 is 10.7 Å². The number of rotatable bonds is 3. The van der Waals surface area contributed by atoms with Crippen LogP contribution in [0.2, 0.25) is 0 Å². The highest BCUT2D eigenvalue weighted by atomic mass is 16.6. The molecule has 0 aliphatic carbocycles. The summed E-state index contributed by atoms with van der Waals surface area (Å²) in [5, 5.41) is 11.7. The second kappa shape index (κ2) is 4.75. The number of nitrogens with zero attached hydrogens (tertiary/aromatic N) is 1. The Morgan fingerprint density at radius 1 is 1.14 bits per heavy atom. The van der Waals surface area contributed by atoms with Crippen molar-refractivity contribution in [2.45, 2.75) is 0 Å². The average Bonchev–Trinajstić information content (AvgIpc) is 2.90. The third-order valence-electron chi connectivity index (χ3n) is 3.27. The molecule has 0 aliphatic heterocycles. The van der Waals surface area contributed by atoms with Crippen LogP contribution in [0.3, 0.4) is 0 Å². The zero-order valence-corrected chi connectivity index (χ0v) is 10.9. The second-order valence-corrected chi connectivity index (χ2v) is 4.63. The average molecular weight is 281 g/mol. The number of H-pyrrole nitrogens is 1. The van der Waals surface area contributed by atoms with E-state index in [0.717, 1.165) is 11.3 Å². The predicted molar refractivity (Wildman–Crippen MR) is 78.9 cm³/mol. The Morgan fingerprint density at radius 3 is 2.48 bits per heavy atom. The van der Waals surface area contributed by atoms with E-state index in [0.29, 0.717) is 10.9 Å².